The maximum atomic E-state index is 10.8. The van der Waals surface area contributed by atoms with Crippen LogP contribution in [-0.2, 0) is 6.54 Å². The van der Waals surface area contributed by atoms with Gasteiger partial charge in [0.05, 0.1) is 0 Å². The van der Waals surface area contributed by atoms with E-state index in [1.165, 1.54) is 0 Å². The molecule has 0 aliphatic rings. The zero-order valence-corrected chi connectivity index (χ0v) is 9.95. The Hall–Kier alpha value is -1.80. The van der Waals surface area contributed by atoms with Crippen LogP contribution in [0.15, 0.2) is 48.5 Å². The first-order chi connectivity index (χ1) is 8.29. The molecule has 86 valence electrons. The zero-order valence-electron chi connectivity index (χ0n) is 9.19. The number of aldehydes is 1. The van der Waals surface area contributed by atoms with E-state index >= 15 is 0 Å². The highest BCUT2D eigenvalue weighted by Crippen LogP contribution is 2.15. The minimum atomic E-state index is 0.668. The summed E-state index contributed by atoms with van der Waals surface area (Å²) in [6.07, 6.45) is 0.851. The molecule has 0 saturated heterocycles. The number of rotatable bonds is 4. The number of carbonyl (C=O) groups excluding carboxylic acids is 1. The number of hydrogen-bond acceptors (Lipinski definition) is 2. The van der Waals surface area contributed by atoms with E-state index in [0.29, 0.717) is 12.1 Å². The van der Waals surface area contributed by atoms with Gasteiger partial charge in [-0.1, -0.05) is 35.9 Å². The molecule has 17 heavy (non-hydrogen) atoms. The molecule has 2 aromatic carbocycles. The van der Waals surface area contributed by atoms with Crippen LogP contribution in [0.3, 0.4) is 0 Å². The van der Waals surface area contributed by atoms with Crippen molar-refractivity contribution in [2.24, 2.45) is 0 Å². The van der Waals surface area contributed by atoms with Crippen LogP contribution in [0.5, 0.6) is 0 Å². The third-order valence-electron chi connectivity index (χ3n) is 2.48. The van der Waals surface area contributed by atoms with Crippen molar-refractivity contribution in [3.8, 4) is 0 Å². The van der Waals surface area contributed by atoms with Gasteiger partial charge in [0.25, 0.3) is 0 Å². The average Bonchev–Trinajstić information content (AvgIpc) is 2.38. The van der Waals surface area contributed by atoms with Crippen LogP contribution in [0, 0.1) is 0 Å². The second-order valence-corrected chi connectivity index (χ2v) is 4.12. The molecule has 0 atom stereocenters. The van der Waals surface area contributed by atoms with Crippen molar-refractivity contribution in [3.05, 3.63) is 64.7 Å². The van der Waals surface area contributed by atoms with Gasteiger partial charge in [0.1, 0.15) is 0 Å². The van der Waals surface area contributed by atoms with E-state index in [1.54, 1.807) is 6.07 Å². The lowest BCUT2D eigenvalue weighted by Gasteiger charge is -2.08. The average molecular weight is 246 g/mol. The first-order valence-electron chi connectivity index (χ1n) is 5.32. The Morgan fingerprint density at radius 1 is 1.06 bits per heavy atom. The van der Waals surface area contributed by atoms with Crippen LogP contribution in [-0.4, -0.2) is 6.29 Å². The molecule has 0 saturated carbocycles. The Labute approximate surface area is 105 Å². The standard InChI is InChI=1S/C14H12ClNO/c15-13-7-5-11(6-8-13)9-16-14-4-2-1-3-12(14)10-17/h1-8,10,16H,9H2. The lowest BCUT2D eigenvalue weighted by atomic mass is 10.1. The van der Waals surface area contributed by atoms with E-state index in [9.17, 15) is 4.79 Å². The molecule has 2 nitrogen and oxygen atoms in total. The number of halogens is 1. The van der Waals surface area contributed by atoms with E-state index in [2.05, 4.69) is 5.32 Å². The van der Waals surface area contributed by atoms with Gasteiger partial charge in [-0.25, -0.2) is 0 Å². The highest BCUT2D eigenvalue weighted by atomic mass is 35.5. The van der Waals surface area contributed by atoms with Gasteiger partial charge in [-0.2, -0.15) is 0 Å². The summed E-state index contributed by atoms with van der Waals surface area (Å²) in [5, 5.41) is 3.95. The summed E-state index contributed by atoms with van der Waals surface area (Å²) < 4.78 is 0. The van der Waals surface area contributed by atoms with Crippen molar-refractivity contribution in [1.29, 1.82) is 0 Å². The lowest BCUT2D eigenvalue weighted by Crippen LogP contribution is -2.01. The third kappa shape index (κ3) is 3.08. The summed E-state index contributed by atoms with van der Waals surface area (Å²) >= 11 is 5.81. The van der Waals surface area contributed by atoms with Crippen molar-refractivity contribution in [2.45, 2.75) is 6.54 Å². The van der Waals surface area contributed by atoms with Gasteiger partial charge in [0.2, 0.25) is 0 Å². The molecule has 1 N–H and O–H groups in total. The molecule has 0 spiro atoms. The van der Waals surface area contributed by atoms with Crippen molar-refractivity contribution < 1.29 is 4.79 Å². The van der Waals surface area contributed by atoms with Crippen molar-refractivity contribution in [3.63, 3.8) is 0 Å². The Morgan fingerprint density at radius 3 is 2.47 bits per heavy atom. The smallest absolute Gasteiger partial charge is 0.152 e. The van der Waals surface area contributed by atoms with Gasteiger partial charge in [0, 0.05) is 22.8 Å². The minimum absolute atomic E-state index is 0.668. The van der Waals surface area contributed by atoms with E-state index in [1.807, 2.05) is 42.5 Å². The molecule has 0 aliphatic heterocycles. The summed E-state index contributed by atoms with van der Waals surface area (Å²) in [4.78, 5) is 10.8. The zero-order chi connectivity index (χ0) is 12.1. The monoisotopic (exact) mass is 245 g/mol. The molecule has 2 aromatic rings. The second kappa shape index (κ2) is 5.51. The molecular formula is C14H12ClNO. The van der Waals surface area contributed by atoms with E-state index in [0.717, 1.165) is 22.6 Å². The van der Waals surface area contributed by atoms with Crippen LogP contribution >= 0.6 is 11.6 Å². The first-order valence-corrected chi connectivity index (χ1v) is 5.70. The van der Waals surface area contributed by atoms with Crippen LogP contribution in [0.1, 0.15) is 15.9 Å². The maximum Gasteiger partial charge on any atom is 0.152 e. The number of anilines is 1. The molecule has 0 bridgehead atoms. The Kier molecular flexibility index (Phi) is 3.78. The minimum Gasteiger partial charge on any atom is -0.380 e. The largest absolute Gasteiger partial charge is 0.380 e. The van der Waals surface area contributed by atoms with Gasteiger partial charge >= 0.3 is 0 Å². The lowest BCUT2D eigenvalue weighted by molar-refractivity contribution is 0.112. The summed E-state index contributed by atoms with van der Waals surface area (Å²) in [7, 11) is 0. The van der Waals surface area contributed by atoms with Crippen molar-refractivity contribution in [2.75, 3.05) is 5.32 Å². The molecule has 0 amide bonds. The molecule has 3 heteroatoms. The molecule has 0 aliphatic carbocycles. The summed E-state index contributed by atoms with van der Waals surface area (Å²) in [6.45, 7) is 0.669. The highest BCUT2D eigenvalue weighted by molar-refractivity contribution is 6.30. The van der Waals surface area contributed by atoms with E-state index < -0.39 is 0 Å². The van der Waals surface area contributed by atoms with Gasteiger partial charge < -0.3 is 5.32 Å². The fourth-order valence-corrected chi connectivity index (χ4v) is 1.69. The van der Waals surface area contributed by atoms with Crippen LogP contribution < -0.4 is 5.32 Å². The Balaban J connectivity index is 2.07. The summed E-state index contributed by atoms with van der Waals surface area (Å²) in [5.41, 5.74) is 2.63. The number of hydrogen-bond donors (Lipinski definition) is 1. The fraction of sp³-hybridized carbons (Fsp3) is 0.0714. The van der Waals surface area contributed by atoms with Gasteiger partial charge in [0.15, 0.2) is 6.29 Å². The number of carbonyl (C=O) groups is 1. The topological polar surface area (TPSA) is 29.1 Å². The molecule has 2 rings (SSSR count). The number of nitrogens with one attached hydrogen (secondary N) is 1. The van der Waals surface area contributed by atoms with E-state index in [-0.39, 0.29) is 0 Å². The SMILES string of the molecule is O=Cc1ccccc1NCc1ccc(Cl)cc1. The highest BCUT2D eigenvalue weighted by Gasteiger charge is 1.99. The van der Waals surface area contributed by atoms with E-state index in [4.69, 9.17) is 11.6 Å². The van der Waals surface area contributed by atoms with Gasteiger partial charge in [-0.3, -0.25) is 4.79 Å². The predicted molar refractivity (Wildman–Crippen MR) is 70.6 cm³/mol. The molecule has 0 fully saturated rings. The summed E-state index contributed by atoms with van der Waals surface area (Å²) in [5.74, 6) is 0. The number of para-hydroxylation sites is 1. The Bertz CT molecular complexity index is 508. The maximum absolute atomic E-state index is 10.8. The molecule has 0 aromatic heterocycles. The second-order valence-electron chi connectivity index (χ2n) is 3.69. The fourth-order valence-electron chi connectivity index (χ4n) is 1.56. The summed E-state index contributed by atoms with van der Waals surface area (Å²) in [6, 6.07) is 15.0. The molecule has 0 unspecified atom stereocenters. The Morgan fingerprint density at radius 2 is 1.76 bits per heavy atom. The molecule has 0 radical (unpaired) electrons. The first kappa shape index (κ1) is 11.7. The predicted octanol–water partition coefficient (Wildman–Crippen LogP) is 3.76. The van der Waals surface area contributed by atoms with Crippen LogP contribution in [0.2, 0.25) is 5.02 Å². The van der Waals surface area contributed by atoms with Crippen molar-refractivity contribution >= 4 is 23.6 Å². The van der Waals surface area contributed by atoms with Crippen molar-refractivity contribution in [1.82, 2.24) is 0 Å². The normalized spacial score (nSPS) is 9.94. The third-order valence-corrected chi connectivity index (χ3v) is 2.74. The van der Waals surface area contributed by atoms with Gasteiger partial charge in [-0.15, -0.1) is 0 Å². The molecular weight excluding hydrogens is 234 g/mol. The quantitative estimate of drug-likeness (QED) is 0.831. The van der Waals surface area contributed by atoms with Crippen LogP contribution in [0.4, 0.5) is 5.69 Å². The molecule has 0 heterocycles. The number of benzene rings is 2. The van der Waals surface area contributed by atoms with Crippen LogP contribution in [0.25, 0.3) is 0 Å². The van der Waals surface area contributed by atoms with Gasteiger partial charge in [-0.05, 0) is 29.8 Å².